The molecule has 4 nitrogen and oxygen atoms in total. The molecule has 0 fully saturated rings. The molecular weight excluding hydrogens is 312 g/mol. The van der Waals surface area contributed by atoms with Gasteiger partial charge in [0.25, 0.3) is 5.91 Å². The highest BCUT2D eigenvalue weighted by Gasteiger charge is 2.10. The lowest BCUT2D eigenvalue weighted by atomic mass is 10.1. The van der Waals surface area contributed by atoms with Crippen molar-refractivity contribution in [3.8, 4) is 5.75 Å². The molecular formula is C21H29N2O2+. The maximum Gasteiger partial charge on any atom is 0.258 e. The fourth-order valence-corrected chi connectivity index (χ4v) is 2.78. The zero-order valence-electron chi connectivity index (χ0n) is 15.5. The van der Waals surface area contributed by atoms with Crippen molar-refractivity contribution >= 4 is 5.91 Å². The van der Waals surface area contributed by atoms with Crippen molar-refractivity contribution in [2.75, 3.05) is 19.7 Å². The van der Waals surface area contributed by atoms with Crippen LogP contribution in [0.2, 0.25) is 0 Å². The average Bonchev–Trinajstić information content (AvgIpc) is 2.64. The van der Waals surface area contributed by atoms with Crippen LogP contribution in [0.5, 0.6) is 5.75 Å². The predicted molar refractivity (Wildman–Crippen MR) is 101 cm³/mol. The molecule has 0 radical (unpaired) electrons. The summed E-state index contributed by atoms with van der Waals surface area (Å²) < 4.78 is 5.60. The molecule has 2 rings (SSSR count). The molecule has 2 N–H and O–H groups in total. The van der Waals surface area contributed by atoms with Crippen molar-refractivity contribution in [2.24, 2.45) is 0 Å². The normalized spacial score (nSPS) is 10.7. The van der Waals surface area contributed by atoms with Gasteiger partial charge in [-0.1, -0.05) is 42.5 Å². The van der Waals surface area contributed by atoms with Crippen molar-refractivity contribution in [3.63, 3.8) is 0 Å². The topological polar surface area (TPSA) is 42.8 Å². The number of carbonyl (C=O) groups is 1. The third-order valence-electron chi connectivity index (χ3n) is 4.49. The number of rotatable bonds is 9. The summed E-state index contributed by atoms with van der Waals surface area (Å²) in [6, 6.07) is 16.0. The van der Waals surface area contributed by atoms with Gasteiger partial charge >= 0.3 is 0 Å². The number of para-hydroxylation sites is 1. The second-order valence-electron chi connectivity index (χ2n) is 6.23. The van der Waals surface area contributed by atoms with E-state index in [4.69, 9.17) is 4.74 Å². The molecule has 0 saturated carbocycles. The first-order valence-corrected chi connectivity index (χ1v) is 8.99. The second-order valence-corrected chi connectivity index (χ2v) is 6.23. The maximum absolute atomic E-state index is 12.1. The van der Waals surface area contributed by atoms with Gasteiger partial charge in [0.05, 0.1) is 13.1 Å². The van der Waals surface area contributed by atoms with Gasteiger partial charge in [0.1, 0.15) is 12.3 Å². The van der Waals surface area contributed by atoms with Crippen molar-refractivity contribution in [1.82, 2.24) is 5.32 Å². The van der Waals surface area contributed by atoms with Gasteiger partial charge in [0, 0.05) is 12.1 Å². The van der Waals surface area contributed by atoms with Crippen molar-refractivity contribution in [3.05, 3.63) is 65.2 Å². The molecule has 0 aliphatic carbocycles. The summed E-state index contributed by atoms with van der Waals surface area (Å²) in [5.41, 5.74) is 3.50. The fourth-order valence-electron chi connectivity index (χ4n) is 2.78. The molecule has 0 aromatic heterocycles. The molecule has 0 aliphatic heterocycles. The highest BCUT2D eigenvalue weighted by atomic mass is 16.5. The molecule has 2 aromatic rings. The van der Waals surface area contributed by atoms with E-state index in [9.17, 15) is 4.79 Å². The highest BCUT2D eigenvalue weighted by molar-refractivity contribution is 5.77. The molecule has 0 unspecified atom stereocenters. The van der Waals surface area contributed by atoms with E-state index in [1.807, 2.05) is 37.3 Å². The van der Waals surface area contributed by atoms with Crippen LogP contribution in [0.25, 0.3) is 0 Å². The number of hydrogen-bond donors (Lipinski definition) is 2. The van der Waals surface area contributed by atoms with Crippen molar-refractivity contribution < 1.29 is 14.4 Å². The molecule has 0 heterocycles. The Balaban J connectivity index is 1.88. The SMILES string of the molecule is CC[NH+](CC)Cc1ccccc1CNC(=O)COc1ccccc1C. The molecule has 0 spiro atoms. The van der Waals surface area contributed by atoms with Gasteiger partial charge in [0.15, 0.2) is 6.61 Å². The summed E-state index contributed by atoms with van der Waals surface area (Å²) in [7, 11) is 0. The summed E-state index contributed by atoms with van der Waals surface area (Å²) in [4.78, 5) is 13.6. The molecule has 0 bridgehead atoms. The summed E-state index contributed by atoms with van der Waals surface area (Å²) in [6.07, 6.45) is 0. The van der Waals surface area contributed by atoms with E-state index in [1.165, 1.54) is 16.0 Å². The van der Waals surface area contributed by atoms with Gasteiger partial charge in [-0.15, -0.1) is 0 Å². The zero-order chi connectivity index (χ0) is 18.1. The molecule has 0 atom stereocenters. The molecule has 0 aliphatic rings. The summed E-state index contributed by atoms with van der Waals surface area (Å²) in [5, 5.41) is 2.97. The van der Waals surface area contributed by atoms with Gasteiger partial charge in [-0.2, -0.15) is 0 Å². The lowest BCUT2D eigenvalue weighted by molar-refractivity contribution is -0.910. The first-order chi connectivity index (χ1) is 12.1. The highest BCUT2D eigenvalue weighted by Crippen LogP contribution is 2.15. The number of quaternary nitrogens is 1. The van der Waals surface area contributed by atoms with Crippen molar-refractivity contribution in [1.29, 1.82) is 0 Å². The van der Waals surface area contributed by atoms with Crippen LogP contribution in [-0.4, -0.2) is 25.6 Å². The van der Waals surface area contributed by atoms with E-state index in [2.05, 4.69) is 37.4 Å². The number of aryl methyl sites for hydroxylation is 1. The lowest BCUT2D eigenvalue weighted by Crippen LogP contribution is -3.10. The molecule has 2 aromatic carbocycles. The van der Waals surface area contributed by atoms with Crippen molar-refractivity contribution in [2.45, 2.75) is 33.9 Å². The van der Waals surface area contributed by atoms with E-state index >= 15 is 0 Å². The number of ether oxygens (including phenoxy) is 1. The van der Waals surface area contributed by atoms with Crippen LogP contribution in [0.15, 0.2) is 48.5 Å². The number of benzene rings is 2. The van der Waals surface area contributed by atoms with E-state index in [1.54, 1.807) is 0 Å². The smallest absolute Gasteiger partial charge is 0.258 e. The minimum atomic E-state index is -0.103. The number of carbonyl (C=O) groups excluding carboxylic acids is 1. The van der Waals surface area contributed by atoms with Crippen LogP contribution >= 0.6 is 0 Å². The van der Waals surface area contributed by atoms with Crippen LogP contribution in [0.1, 0.15) is 30.5 Å². The van der Waals surface area contributed by atoms with Crippen LogP contribution < -0.4 is 15.0 Å². The largest absolute Gasteiger partial charge is 0.484 e. The van der Waals surface area contributed by atoms with E-state index < -0.39 is 0 Å². The van der Waals surface area contributed by atoms with E-state index in [0.717, 1.165) is 30.9 Å². The Morgan fingerprint density at radius 3 is 2.32 bits per heavy atom. The summed E-state index contributed by atoms with van der Waals surface area (Å²) in [6.45, 7) is 10.1. The average molecular weight is 341 g/mol. The monoisotopic (exact) mass is 341 g/mol. The predicted octanol–water partition coefficient (Wildman–Crippen LogP) is 2.11. The molecule has 134 valence electrons. The Morgan fingerprint density at radius 1 is 1.00 bits per heavy atom. The molecule has 4 heteroatoms. The molecule has 25 heavy (non-hydrogen) atoms. The fraction of sp³-hybridized carbons (Fsp3) is 0.381. The Morgan fingerprint density at radius 2 is 1.64 bits per heavy atom. The summed E-state index contributed by atoms with van der Waals surface area (Å²) >= 11 is 0. The number of nitrogens with one attached hydrogen (secondary N) is 2. The zero-order valence-corrected chi connectivity index (χ0v) is 15.5. The third-order valence-corrected chi connectivity index (χ3v) is 4.49. The quantitative estimate of drug-likeness (QED) is 0.734. The van der Waals surface area contributed by atoms with Gasteiger partial charge in [-0.05, 0) is 38.0 Å². The van der Waals surface area contributed by atoms with Crippen LogP contribution in [0.4, 0.5) is 0 Å². The Labute approximate surface area is 150 Å². The Bertz CT molecular complexity index is 681. The Hall–Kier alpha value is -2.33. The first kappa shape index (κ1) is 19.0. The Kier molecular flexibility index (Phi) is 7.48. The molecule has 0 saturated heterocycles. The lowest BCUT2D eigenvalue weighted by Gasteiger charge is -2.18. The van der Waals surface area contributed by atoms with Crippen LogP contribution in [0, 0.1) is 6.92 Å². The first-order valence-electron chi connectivity index (χ1n) is 8.99. The van der Waals surface area contributed by atoms with E-state index in [0.29, 0.717) is 6.54 Å². The summed E-state index contributed by atoms with van der Waals surface area (Å²) in [5.74, 6) is 0.649. The van der Waals surface area contributed by atoms with E-state index in [-0.39, 0.29) is 12.5 Å². The van der Waals surface area contributed by atoms with Gasteiger partial charge in [-0.25, -0.2) is 0 Å². The van der Waals surface area contributed by atoms with Crippen LogP contribution in [-0.2, 0) is 17.9 Å². The van der Waals surface area contributed by atoms with Gasteiger partial charge in [0.2, 0.25) is 0 Å². The molecule has 1 amide bonds. The second kappa shape index (κ2) is 9.84. The van der Waals surface area contributed by atoms with Gasteiger partial charge in [-0.3, -0.25) is 4.79 Å². The minimum Gasteiger partial charge on any atom is -0.484 e. The third kappa shape index (κ3) is 5.91. The number of amides is 1. The standard InChI is InChI=1S/C21H28N2O2/c1-4-23(5-2)15-19-12-8-7-11-18(19)14-22-21(24)16-25-20-13-9-6-10-17(20)3/h6-13H,4-5,14-16H2,1-3H3,(H,22,24)/p+1. The minimum absolute atomic E-state index is 0.0360. The maximum atomic E-state index is 12.1. The van der Waals surface area contributed by atoms with Gasteiger partial charge < -0.3 is 15.0 Å². The number of hydrogen-bond acceptors (Lipinski definition) is 2. The van der Waals surface area contributed by atoms with Crippen LogP contribution in [0.3, 0.4) is 0 Å².